The van der Waals surface area contributed by atoms with Crippen molar-refractivity contribution in [2.45, 2.75) is 12.7 Å². The standard InChI is InChI=1S/C15H14BNO5/c18-16-14-8-12(21-10-11-4-2-1-3-5-11)6-7-13(14)15(22-16)9-17(19)20/h1-8,15,18H,9-10H2. The van der Waals surface area contributed by atoms with Crippen molar-refractivity contribution in [3.8, 4) is 5.75 Å². The van der Waals surface area contributed by atoms with Gasteiger partial charge >= 0.3 is 7.12 Å². The van der Waals surface area contributed by atoms with Gasteiger partial charge in [0.1, 0.15) is 18.5 Å². The molecule has 1 aliphatic heterocycles. The lowest BCUT2D eigenvalue weighted by atomic mass is 9.79. The summed E-state index contributed by atoms with van der Waals surface area (Å²) < 4.78 is 10.9. The number of benzene rings is 2. The Kier molecular flexibility index (Phi) is 4.08. The topological polar surface area (TPSA) is 81.8 Å². The second kappa shape index (κ2) is 6.17. The molecule has 1 aliphatic rings. The molecular formula is C15H14BNO5. The Morgan fingerprint density at radius 2 is 2.05 bits per heavy atom. The van der Waals surface area contributed by atoms with Gasteiger partial charge in [0.2, 0.25) is 6.54 Å². The minimum absolute atomic E-state index is 0.367. The maximum absolute atomic E-state index is 10.6. The zero-order chi connectivity index (χ0) is 15.5. The molecular weight excluding hydrogens is 285 g/mol. The van der Waals surface area contributed by atoms with Crippen LogP contribution in [0.2, 0.25) is 0 Å². The lowest BCUT2D eigenvalue weighted by Gasteiger charge is -2.09. The van der Waals surface area contributed by atoms with E-state index in [2.05, 4.69) is 0 Å². The predicted octanol–water partition coefficient (Wildman–Crippen LogP) is 1.30. The molecule has 0 spiro atoms. The van der Waals surface area contributed by atoms with Crippen LogP contribution in [0.1, 0.15) is 17.2 Å². The first-order valence-electron chi connectivity index (χ1n) is 6.89. The zero-order valence-electron chi connectivity index (χ0n) is 11.7. The summed E-state index contributed by atoms with van der Waals surface area (Å²) in [7, 11) is -1.15. The first-order chi connectivity index (χ1) is 10.6. The summed E-state index contributed by atoms with van der Waals surface area (Å²) in [6.07, 6.45) is -0.719. The summed E-state index contributed by atoms with van der Waals surface area (Å²) in [5.74, 6) is 0.590. The van der Waals surface area contributed by atoms with Crippen LogP contribution < -0.4 is 10.2 Å². The number of ether oxygens (including phenoxy) is 1. The molecule has 2 aromatic carbocycles. The molecule has 1 heterocycles. The number of hydrogen-bond donors (Lipinski definition) is 1. The van der Waals surface area contributed by atoms with Gasteiger partial charge in [-0.2, -0.15) is 0 Å². The molecule has 0 saturated carbocycles. The summed E-state index contributed by atoms with van der Waals surface area (Å²) in [6.45, 7) is 0.0448. The summed E-state index contributed by atoms with van der Waals surface area (Å²) in [6, 6.07) is 14.8. The average Bonchev–Trinajstić information content (AvgIpc) is 2.81. The number of nitrogens with zero attached hydrogens (tertiary/aromatic N) is 1. The van der Waals surface area contributed by atoms with Crippen LogP contribution in [0.3, 0.4) is 0 Å². The van der Waals surface area contributed by atoms with Crippen molar-refractivity contribution in [1.29, 1.82) is 0 Å². The highest BCUT2D eigenvalue weighted by Crippen LogP contribution is 2.26. The molecule has 1 unspecified atom stereocenters. The van der Waals surface area contributed by atoms with Crippen LogP contribution in [0.25, 0.3) is 0 Å². The minimum Gasteiger partial charge on any atom is -0.489 e. The van der Waals surface area contributed by atoms with Gasteiger partial charge in [0, 0.05) is 4.92 Å². The molecule has 112 valence electrons. The molecule has 0 amide bonds. The fraction of sp³-hybridized carbons (Fsp3) is 0.200. The number of rotatable bonds is 5. The summed E-state index contributed by atoms with van der Waals surface area (Å²) >= 11 is 0. The summed E-state index contributed by atoms with van der Waals surface area (Å²) in [5.41, 5.74) is 2.19. The van der Waals surface area contributed by atoms with E-state index in [0.717, 1.165) is 5.56 Å². The summed E-state index contributed by atoms with van der Waals surface area (Å²) in [5, 5.41) is 20.5. The fourth-order valence-electron chi connectivity index (χ4n) is 2.47. The Bertz CT molecular complexity index is 679. The van der Waals surface area contributed by atoms with Crippen LogP contribution in [-0.4, -0.2) is 23.6 Å². The van der Waals surface area contributed by atoms with Crippen molar-refractivity contribution in [2.75, 3.05) is 6.54 Å². The first-order valence-corrected chi connectivity index (χ1v) is 6.89. The largest absolute Gasteiger partial charge is 0.492 e. The van der Waals surface area contributed by atoms with Crippen molar-refractivity contribution in [3.05, 3.63) is 69.8 Å². The van der Waals surface area contributed by atoms with Gasteiger partial charge in [0.25, 0.3) is 0 Å². The van der Waals surface area contributed by atoms with E-state index in [9.17, 15) is 15.1 Å². The van der Waals surface area contributed by atoms with Crippen LogP contribution in [-0.2, 0) is 11.3 Å². The second-order valence-electron chi connectivity index (χ2n) is 5.06. The monoisotopic (exact) mass is 299 g/mol. The maximum atomic E-state index is 10.6. The molecule has 2 aromatic rings. The van der Waals surface area contributed by atoms with Gasteiger partial charge in [0.15, 0.2) is 0 Å². The van der Waals surface area contributed by atoms with Crippen molar-refractivity contribution >= 4 is 12.6 Å². The Hall–Kier alpha value is -2.38. The van der Waals surface area contributed by atoms with Gasteiger partial charge < -0.3 is 14.4 Å². The van der Waals surface area contributed by atoms with Gasteiger partial charge in [-0.05, 0) is 28.7 Å². The second-order valence-corrected chi connectivity index (χ2v) is 5.06. The Labute approximate surface area is 127 Å². The van der Waals surface area contributed by atoms with Crippen molar-refractivity contribution in [2.24, 2.45) is 0 Å². The van der Waals surface area contributed by atoms with Gasteiger partial charge in [-0.15, -0.1) is 0 Å². The maximum Gasteiger partial charge on any atom is 0.492 e. The molecule has 6 nitrogen and oxygen atoms in total. The molecule has 7 heteroatoms. The first kappa shape index (κ1) is 14.6. The van der Waals surface area contributed by atoms with Crippen molar-refractivity contribution < 1.29 is 19.3 Å². The molecule has 22 heavy (non-hydrogen) atoms. The van der Waals surface area contributed by atoms with E-state index in [1.54, 1.807) is 18.2 Å². The van der Waals surface area contributed by atoms with Gasteiger partial charge in [-0.25, -0.2) is 0 Å². The van der Waals surface area contributed by atoms with Crippen molar-refractivity contribution in [3.63, 3.8) is 0 Å². The van der Waals surface area contributed by atoms with Crippen LogP contribution in [0.5, 0.6) is 5.75 Å². The van der Waals surface area contributed by atoms with Gasteiger partial charge in [-0.1, -0.05) is 36.4 Å². The van der Waals surface area contributed by atoms with E-state index in [0.29, 0.717) is 23.4 Å². The van der Waals surface area contributed by atoms with E-state index in [1.807, 2.05) is 30.3 Å². The molecule has 1 N–H and O–H groups in total. The quantitative estimate of drug-likeness (QED) is 0.511. The number of hydrogen-bond acceptors (Lipinski definition) is 5. The summed E-state index contributed by atoms with van der Waals surface area (Å²) in [4.78, 5) is 10.2. The van der Waals surface area contributed by atoms with Gasteiger partial charge in [0.05, 0.1) is 0 Å². The fourth-order valence-corrected chi connectivity index (χ4v) is 2.47. The molecule has 0 saturated heterocycles. The SMILES string of the molecule is O=[N+]([O-])CC1OB(O)c2cc(OCc3ccccc3)ccc21. The van der Waals surface area contributed by atoms with Gasteiger partial charge in [-0.3, -0.25) is 10.1 Å². The molecule has 0 radical (unpaired) electrons. The molecule has 0 fully saturated rings. The molecule has 0 aliphatic carbocycles. The van der Waals surface area contributed by atoms with Crippen LogP contribution in [0.4, 0.5) is 0 Å². The van der Waals surface area contributed by atoms with E-state index in [1.165, 1.54) is 0 Å². The smallest absolute Gasteiger partial charge is 0.489 e. The number of nitro groups is 1. The lowest BCUT2D eigenvalue weighted by Crippen LogP contribution is -2.28. The third-order valence-corrected chi connectivity index (χ3v) is 3.53. The van der Waals surface area contributed by atoms with E-state index in [4.69, 9.17) is 9.39 Å². The molecule has 3 rings (SSSR count). The van der Waals surface area contributed by atoms with Crippen LogP contribution in [0, 0.1) is 10.1 Å². The minimum atomic E-state index is -1.15. The van der Waals surface area contributed by atoms with Crippen LogP contribution >= 0.6 is 0 Å². The average molecular weight is 299 g/mol. The molecule has 0 aromatic heterocycles. The zero-order valence-corrected chi connectivity index (χ0v) is 11.7. The highest BCUT2D eigenvalue weighted by atomic mass is 16.6. The highest BCUT2D eigenvalue weighted by Gasteiger charge is 2.37. The Morgan fingerprint density at radius 1 is 1.27 bits per heavy atom. The molecule has 1 atom stereocenters. The predicted molar refractivity (Wildman–Crippen MR) is 80.5 cm³/mol. The van der Waals surface area contributed by atoms with E-state index >= 15 is 0 Å². The Morgan fingerprint density at radius 3 is 2.77 bits per heavy atom. The third-order valence-electron chi connectivity index (χ3n) is 3.53. The normalized spacial score (nSPS) is 16.4. The Balaban J connectivity index is 1.74. The molecule has 0 bridgehead atoms. The van der Waals surface area contributed by atoms with E-state index < -0.39 is 18.1 Å². The lowest BCUT2D eigenvalue weighted by molar-refractivity contribution is -0.490. The van der Waals surface area contributed by atoms with E-state index in [-0.39, 0.29) is 6.54 Å². The third kappa shape index (κ3) is 3.10. The number of fused-ring (bicyclic) bond motifs is 1. The van der Waals surface area contributed by atoms with Crippen molar-refractivity contribution in [1.82, 2.24) is 0 Å². The highest BCUT2D eigenvalue weighted by molar-refractivity contribution is 6.61. The van der Waals surface area contributed by atoms with Crippen LogP contribution in [0.15, 0.2) is 48.5 Å².